The number of rotatable bonds is 7. The normalized spacial score (nSPS) is 37.7. The summed E-state index contributed by atoms with van der Waals surface area (Å²) in [5, 5.41) is 0. The van der Waals surface area contributed by atoms with E-state index in [0.717, 1.165) is 54.8 Å². The Morgan fingerprint density at radius 1 is 0.973 bits per heavy atom. The van der Waals surface area contributed by atoms with E-state index < -0.39 is 6.16 Å². The Bertz CT molecular complexity index is 967. The number of allylic oxidation sites excluding steroid dienone is 1. The summed E-state index contributed by atoms with van der Waals surface area (Å²) in [7, 11) is 0. The molecule has 0 bridgehead atoms. The molecule has 3 nitrogen and oxygen atoms in total. The first-order chi connectivity index (χ1) is 17.7. The van der Waals surface area contributed by atoms with E-state index in [2.05, 4.69) is 40.7 Å². The molecule has 5 rings (SSSR count). The van der Waals surface area contributed by atoms with Gasteiger partial charge in [0, 0.05) is 6.42 Å². The van der Waals surface area contributed by atoms with Gasteiger partial charge in [-0.05, 0) is 103 Å². The number of hydrogen-bond donors (Lipinski definition) is 0. The molecule has 4 aliphatic rings. The quantitative estimate of drug-likeness (QED) is 0.210. The number of fused-ring (bicyclic) bond motifs is 5. The molecule has 0 aromatic heterocycles. The van der Waals surface area contributed by atoms with Gasteiger partial charge in [-0.3, -0.25) is 0 Å². The highest BCUT2D eigenvalue weighted by Gasteiger charge is 2.59. The average Bonchev–Trinajstić information content (AvgIpc) is 3.22. The van der Waals surface area contributed by atoms with Gasteiger partial charge in [-0.1, -0.05) is 83.7 Å². The van der Waals surface area contributed by atoms with E-state index in [1.165, 1.54) is 51.4 Å². The molecule has 8 atom stereocenters. The molecule has 204 valence electrons. The Morgan fingerprint density at radius 2 is 1.76 bits per heavy atom. The predicted octanol–water partition coefficient (Wildman–Crippen LogP) is 9.61. The van der Waals surface area contributed by atoms with E-state index in [0.29, 0.717) is 11.2 Å². The van der Waals surface area contributed by atoms with E-state index in [1.54, 1.807) is 17.7 Å². The molecule has 4 aliphatic carbocycles. The third-order valence-corrected chi connectivity index (χ3v) is 11.5. The SMILES string of the molecule is CC(C)CCC[C@@H](C)[C@@H]1CC[C@@H]2[C@H]3CC=C4C[C@@H](OC(=O)Oc5ccccc5)CC[C@]4(C)[C@@H]3CC[C@]21C. The van der Waals surface area contributed by atoms with E-state index in [9.17, 15) is 4.79 Å². The summed E-state index contributed by atoms with van der Waals surface area (Å²) in [5.41, 5.74) is 2.36. The van der Waals surface area contributed by atoms with Crippen molar-refractivity contribution in [3.63, 3.8) is 0 Å². The third-order valence-electron chi connectivity index (χ3n) is 11.5. The van der Waals surface area contributed by atoms with Crippen LogP contribution in [0.1, 0.15) is 105 Å². The van der Waals surface area contributed by atoms with Gasteiger partial charge in [0.2, 0.25) is 0 Å². The Balaban J connectivity index is 1.22. The Labute approximate surface area is 225 Å². The van der Waals surface area contributed by atoms with E-state index in [1.807, 2.05) is 18.2 Å². The molecule has 3 fully saturated rings. The minimum atomic E-state index is -0.568. The summed E-state index contributed by atoms with van der Waals surface area (Å²) in [6.07, 6.45) is 16.0. The van der Waals surface area contributed by atoms with Crippen molar-refractivity contribution in [1.29, 1.82) is 0 Å². The molecule has 0 saturated heterocycles. The lowest BCUT2D eigenvalue weighted by Gasteiger charge is -2.58. The summed E-state index contributed by atoms with van der Waals surface area (Å²) in [6.45, 7) is 12.5. The van der Waals surface area contributed by atoms with Crippen molar-refractivity contribution < 1.29 is 14.3 Å². The van der Waals surface area contributed by atoms with E-state index >= 15 is 0 Å². The monoisotopic (exact) mass is 506 g/mol. The zero-order valence-corrected chi connectivity index (χ0v) is 24.0. The largest absolute Gasteiger partial charge is 0.514 e. The van der Waals surface area contributed by atoms with Gasteiger partial charge in [0.05, 0.1) is 0 Å². The highest BCUT2D eigenvalue weighted by Crippen LogP contribution is 2.67. The van der Waals surface area contributed by atoms with Gasteiger partial charge in [0.1, 0.15) is 11.9 Å². The Morgan fingerprint density at radius 3 is 2.51 bits per heavy atom. The minimum Gasteiger partial charge on any atom is -0.430 e. The molecule has 0 aliphatic heterocycles. The Kier molecular flexibility index (Phi) is 7.81. The highest BCUT2D eigenvalue weighted by atomic mass is 16.7. The van der Waals surface area contributed by atoms with Gasteiger partial charge in [-0.15, -0.1) is 0 Å². The first-order valence-corrected chi connectivity index (χ1v) is 15.3. The van der Waals surface area contributed by atoms with Gasteiger partial charge in [0.25, 0.3) is 0 Å². The fourth-order valence-electron chi connectivity index (χ4n) is 9.50. The lowest BCUT2D eigenvalue weighted by molar-refractivity contribution is -0.0597. The molecule has 37 heavy (non-hydrogen) atoms. The van der Waals surface area contributed by atoms with Gasteiger partial charge in [-0.2, -0.15) is 0 Å². The molecule has 3 heteroatoms. The summed E-state index contributed by atoms with van der Waals surface area (Å²) < 4.78 is 11.2. The van der Waals surface area contributed by atoms with Crippen molar-refractivity contribution in [2.24, 2.45) is 46.3 Å². The van der Waals surface area contributed by atoms with Crippen LogP contribution in [-0.2, 0) is 4.74 Å². The molecule has 1 aromatic carbocycles. The minimum absolute atomic E-state index is 0.0662. The second-order valence-corrected chi connectivity index (χ2v) is 13.9. The highest BCUT2D eigenvalue weighted by molar-refractivity contribution is 5.64. The summed E-state index contributed by atoms with van der Waals surface area (Å²) in [4.78, 5) is 12.4. The van der Waals surface area contributed by atoms with Crippen LogP contribution in [0, 0.1) is 46.3 Å². The van der Waals surface area contributed by atoms with Crippen LogP contribution in [0.3, 0.4) is 0 Å². The molecule has 0 unspecified atom stereocenters. The lowest BCUT2D eigenvalue weighted by Crippen LogP contribution is -2.51. The summed E-state index contributed by atoms with van der Waals surface area (Å²) in [5.74, 6) is 5.64. The molecule has 1 aromatic rings. The van der Waals surface area contributed by atoms with Crippen LogP contribution in [0.15, 0.2) is 42.0 Å². The molecule has 0 amide bonds. The number of ether oxygens (including phenoxy) is 2. The van der Waals surface area contributed by atoms with Gasteiger partial charge in [-0.25, -0.2) is 4.79 Å². The standard InChI is InChI=1S/C34H50O3/c1-23(2)10-9-11-24(3)29-16-17-30-28-15-14-25-22-27(37-32(35)36-26-12-7-6-8-13-26)18-20-33(25,4)31(28)19-21-34(29,30)5/h6-8,12-14,23-24,27-31H,9-11,15-22H2,1-5H3/t24-,27+,28-,29+,30-,31-,33+,34+/m1/s1. The van der Waals surface area contributed by atoms with Crippen molar-refractivity contribution in [3.8, 4) is 5.75 Å². The molecule has 0 radical (unpaired) electrons. The van der Waals surface area contributed by atoms with Crippen molar-refractivity contribution in [2.75, 3.05) is 0 Å². The van der Waals surface area contributed by atoms with Crippen LogP contribution in [-0.4, -0.2) is 12.3 Å². The van der Waals surface area contributed by atoms with Gasteiger partial charge in [0.15, 0.2) is 0 Å². The molecular formula is C34H50O3. The van der Waals surface area contributed by atoms with Gasteiger partial charge < -0.3 is 9.47 Å². The second kappa shape index (κ2) is 10.8. The number of hydrogen-bond acceptors (Lipinski definition) is 3. The molecule has 0 spiro atoms. The van der Waals surface area contributed by atoms with Crippen LogP contribution in [0.5, 0.6) is 5.75 Å². The summed E-state index contributed by atoms with van der Waals surface area (Å²) >= 11 is 0. The molecule has 0 N–H and O–H groups in total. The summed E-state index contributed by atoms with van der Waals surface area (Å²) in [6, 6.07) is 9.23. The van der Waals surface area contributed by atoms with Crippen LogP contribution in [0.2, 0.25) is 0 Å². The fourth-order valence-corrected chi connectivity index (χ4v) is 9.50. The first-order valence-electron chi connectivity index (χ1n) is 15.3. The zero-order valence-electron chi connectivity index (χ0n) is 24.0. The number of para-hydroxylation sites is 1. The topological polar surface area (TPSA) is 35.5 Å². The Hall–Kier alpha value is -1.77. The predicted molar refractivity (Wildman–Crippen MR) is 150 cm³/mol. The number of carbonyl (C=O) groups is 1. The van der Waals surface area contributed by atoms with Crippen LogP contribution in [0.25, 0.3) is 0 Å². The van der Waals surface area contributed by atoms with Gasteiger partial charge >= 0.3 is 6.16 Å². The van der Waals surface area contributed by atoms with Crippen LogP contribution < -0.4 is 4.74 Å². The fraction of sp³-hybridized carbons (Fsp3) is 0.735. The second-order valence-electron chi connectivity index (χ2n) is 13.9. The average molecular weight is 507 g/mol. The lowest BCUT2D eigenvalue weighted by atomic mass is 9.47. The van der Waals surface area contributed by atoms with Crippen LogP contribution >= 0.6 is 0 Å². The zero-order chi connectivity index (χ0) is 26.2. The maximum absolute atomic E-state index is 12.4. The number of benzene rings is 1. The molecule has 3 saturated carbocycles. The number of carbonyl (C=O) groups excluding carboxylic acids is 1. The van der Waals surface area contributed by atoms with Crippen molar-refractivity contribution in [2.45, 2.75) is 111 Å². The van der Waals surface area contributed by atoms with Crippen LogP contribution in [0.4, 0.5) is 4.79 Å². The molecular weight excluding hydrogens is 456 g/mol. The van der Waals surface area contributed by atoms with E-state index in [4.69, 9.17) is 9.47 Å². The van der Waals surface area contributed by atoms with Crippen molar-refractivity contribution in [3.05, 3.63) is 42.0 Å². The maximum atomic E-state index is 12.4. The third kappa shape index (κ3) is 5.26. The maximum Gasteiger partial charge on any atom is 0.514 e. The smallest absolute Gasteiger partial charge is 0.430 e. The first kappa shape index (κ1) is 26.8. The van der Waals surface area contributed by atoms with Crippen molar-refractivity contribution in [1.82, 2.24) is 0 Å². The molecule has 0 heterocycles. The van der Waals surface area contributed by atoms with E-state index in [-0.39, 0.29) is 11.5 Å². The van der Waals surface area contributed by atoms with Crippen molar-refractivity contribution >= 4 is 6.16 Å².